The highest BCUT2D eigenvalue weighted by Crippen LogP contribution is 2.40. The molecule has 0 saturated carbocycles. The summed E-state index contributed by atoms with van der Waals surface area (Å²) in [5.41, 5.74) is 7.02. The van der Waals surface area contributed by atoms with Gasteiger partial charge in [0.25, 0.3) is 5.91 Å². The second-order valence-corrected chi connectivity index (χ2v) is 5.32. The van der Waals surface area contributed by atoms with Crippen LogP contribution in [0.25, 0.3) is 0 Å². The molecule has 1 aliphatic rings. The fourth-order valence-corrected chi connectivity index (χ4v) is 2.56. The van der Waals surface area contributed by atoms with E-state index in [1.807, 2.05) is 30.5 Å². The fraction of sp³-hybridized carbons (Fsp3) is 0.133. The van der Waals surface area contributed by atoms with Gasteiger partial charge in [-0.05, 0) is 18.4 Å². The van der Waals surface area contributed by atoms with Crippen molar-refractivity contribution in [2.45, 2.75) is 4.90 Å². The number of carbonyl (C=O) groups excluding carboxylic acids is 1. The van der Waals surface area contributed by atoms with Gasteiger partial charge >= 0.3 is 0 Å². The van der Waals surface area contributed by atoms with Gasteiger partial charge in [0, 0.05) is 17.0 Å². The lowest BCUT2D eigenvalue weighted by atomic mass is 10.2. The summed E-state index contributed by atoms with van der Waals surface area (Å²) in [5.74, 6) is 1.57. The Labute approximate surface area is 126 Å². The first-order chi connectivity index (χ1) is 10.2. The van der Waals surface area contributed by atoms with E-state index in [9.17, 15) is 4.79 Å². The van der Waals surface area contributed by atoms with Crippen LogP contribution in [0.1, 0.15) is 0 Å². The van der Waals surface area contributed by atoms with Gasteiger partial charge in [-0.2, -0.15) is 0 Å². The maximum atomic E-state index is 11.4. The number of hydrogen-bond acceptors (Lipinski definition) is 5. The van der Waals surface area contributed by atoms with Crippen molar-refractivity contribution >= 4 is 29.0 Å². The van der Waals surface area contributed by atoms with Crippen LogP contribution in [-0.4, -0.2) is 18.8 Å². The summed E-state index contributed by atoms with van der Waals surface area (Å²) in [4.78, 5) is 12.4. The van der Waals surface area contributed by atoms with E-state index >= 15 is 0 Å². The zero-order chi connectivity index (χ0) is 14.8. The third kappa shape index (κ3) is 2.75. The van der Waals surface area contributed by atoms with Crippen molar-refractivity contribution < 1.29 is 14.3 Å². The Balaban J connectivity index is 1.95. The minimum Gasteiger partial charge on any atom is -0.481 e. The molecule has 21 heavy (non-hydrogen) atoms. The van der Waals surface area contributed by atoms with Crippen molar-refractivity contribution in [1.82, 2.24) is 0 Å². The van der Waals surface area contributed by atoms with Crippen LogP contribution in [0.4, 0.5) is 11.4 Å². The van der Waals surface area contributed by atoms with Gasteiger partial charge in [-0.3, -0.25) is 4.79 Å². The van der Waals surface area contributed by atoms with E-state index in [0.29, 0.717) is 22.9 Å². The van der Waals surface area contributed by atoms with E-state index in [2.05, 4.69) is 5.32 Å². The van der Waals surface area contributed by atoms with Gasteiger partial charge in [-0.15, -0.1) is 11.8 Å². The van der Waals surface area contributed by atoms with E-state index in [4.69, 9.17) is 15.2 Å². The van der Waals surface area contributed by atoms with E-state index in [0.717, 1.165) is 10.6 Å². The SMILES string of the molecule is CSc1ccccc1Oc1cc2c(cc1N)OCC(=O)N2. The second-order valence-electron chi connectivity index (χ2n) is 4.48. The number of hydrogen-bond donors (Lipinski definition) is 2. The predicted molar refractivity (Wildman–Crippen MR) is 83.3 cm³/mol. The van der Waals surface area contributed by atoms with Crippen LogP contribution < -0.4 is 20.5 Å². The Hall–Kier alpha value is -2.34. The van der Waals surface area contributed by atoms with E-state index in [1.54, 1.807) is 23.9 Å². The fourth-order valence-electron chi connectivity index (χ4n) is 2.03. The first kappa shape index (κ1) is 13.6. The van der Waals surface area contributed by atoms with Crippen molar-refractivity contribution in [2.75, 3.05) is 23.9 Å². The highest BCUT2D eigenvalue weighted by Gasteiger charge is 2.19. The number of amides is 1. The number of para-hydroxylation sites is 1. The van der Waals surface area contributed by atoms with Crippen LogP contribution in [0.3, 0.4) is 0 Å². The maximum absolute atomic E-state index is 11.4. The quantitative estimate of drug-likeness (QED) is 0.673. The standard InChI is InChI=1S/C15H14N2O3S/c1-21-14-5-3-2-4-11(14)20-12-7-10-13(6-9(12)16)19-8-15(18)17-10/h2-7H,8,16H2,1H3,(H,17,18). The summed E-state index contributed by atoms with van der Waals surface area (Å²) in [6.45, 7) is 0.00194. The van der Waals surface area contributed by atoms with Gasteiger partial charge in [-0.1, -0.05) is 12.1 Å². The first-order valence-corrected chi connectivity index (χ1v) is 7.57. The number of ether oxygens (including phenoxy) is 2. The number of nitrogens with one attached hydrogen (secondary N) is 1. The number of carbonyl (C=O) groups is 1. The summed E-state index contributed by atoms with van der Waals surface area (Å²) < 4.78 is 11.2. The smallest absolute Gasteiger partial charge is 0.262 e. The molecule has 108 valence electrons. The normalized spacial score (nSPS) is 13.1. The summed E-state index contributed by atoms with van der Waals surface area (Å²) >= 11 is 1.59. The molecule has 1 amide bonds. The Kier molecular flexibility index (Phi) is 3.62. The topological polar surface area (TPSA) is 73.6 Å². The largest absolute Gasteiger partial charge is 0.481 e. The third-order valence-corrected chi connectivity index (χ3v) is 3.81. The number of thioether (sulfide) groups is 1. The van der Waals surface area contributed by atoms with Gasteiger partial charge in [0.2, 0.25) is 0 Å². The number of nitrogen functional groups attached to an aromatic ring is 1. The molecule has 0 spiro atoms. The van der Waals surface area contributed by atoms with Gasteiger partial charge in [0.05, 0.1) is 11.4 Å². The average Bonchev–Trinajstić information content (AvgIpc) is 2.49. The molecular formula is C15H14N2O3S. The molecule has 1 aliphatic heterocycles. The molecule has 3 N–H and O–H groups in total. The molecule has 5 nitrogen and oxygen atoms in total. The lowest BCUT2D eigenvalue weighted by molar-refractivity contribution is -0.118. The number of rotatable bonds is 3. The monoisotopic (exact) mass is 302 g/mol. The summed E-state index contributed by atoms with van der Waals surface area (Å²) in [7, 11) is 0. The van der Waals surface area contributed by atoms with Crippen molar-refractivity contribution in [2.24, 2.45) is 0 Å². The minimum absolute atomic E-state index is 0.00194. The van der Waals surface area contributed by atoms with Gasteiger partial charge in [0.1, 0.15) is 11.5 Å². The molecule has 1 heterocycles. The summed E-state index contributed by atoms with van der Waals surface area (Å²) in [6, 6.07) is 11.0. The van der Waals surface area contributed by atoms with Crippen LogP contribution in [0.15, 0.2) is 41.3 Å². The van der Waals surface area contributed by atoms with Crippen molar-refractivity contribution in [3.05, 3.63) is 36.4 Å². The van der Waals surface area contributed by atoms with Crippen molar-refractivity contribution in [3.63, 3.8) is 0 Å². The molecule has 2 aromatic rings. The third-order valence-electron chi connectivity index (χ3n) is 3.03. The highest BCUT2D eigenvalue weighted by atomic mass is 32.2. The zero-order valence-corrected chi connectivity index (χ0v) is 12.2. The molecule has 3 rings (SSSR count). The molecule has 0 aliphatic carbocycles. The van der Waals surface area contributed by atoms with Crippen LogP contribution in [0.5, 0.6) is 17.2 Å². The molecule has 0 unspecified atom stereocenters. The van der Waals surface area contributed by atoms with Crippen LogP contribution >= 0.6 is 11.8 Å². The zero-order valence-electron chi connectivity index (χ0n) is 11.4. The minimum atomic E-state index is -0.192. The molecular weight excluding hydrogens is 288 g/mol. The van der Waals surface area contributed by atoms with Crippen molar-refractivity contribution in [3.8, 4) is 17.2 Å². The van der Waals surface area contributed by atoms with E-state index in [-0.39, 0.29) is 12.5 Å². The second kappa shape index (κ2) is 5.57. The molecule has 0 aromatic heterocycles. The average molecular weight is 302 g/mol. The van der Waals surface area contributed by atoms with E-state index < -0.39 is 0 Å². The first-order valence-electron chi connectivity index (χ1n) is 6.34. The van der Waals surface area contributed by atoms with Crippen LogP contribution in [-0.2, 0) is 4.79 Å². The Bertz CT molecular complexity index is 703. The van der Waals surface area contributed by atoms with Gasteiger partial charge in [-0.25, -0.2) is 0 Å². The lowest BCUT2D eigenvalue weighted by Gasteiger charge is -2.20. The molecule has 0 atom stereocenters. The number of anilines is 2. The van der Waals surface area contributed by atoms with E-state index in [1.165, 1.54) is 0 Å². The number of nitrogens with two attached hydrogens (primary N) is 1. The molecule has 0 fully saturated rings. The highest BCUT2D eigenvalue weighted by molar-refractivity contribution is 7.98. The van der Waals surface area contributed by atoms with Gasteiger partial charge in [0.15, 0.2) is 12.4 Å². The molecule has 2 aromatic carbocycles. The number of fused-ring (bicyclic) bond motifs is 1. The molecule has 0 radical (unpaired) electrons. The summed E-state index contributed by atoms with van der Waals surface area (Å²) in [5, 5.41) is 2.74. The Morgan fingerprint density at radius 1 is 1.29 bits per heavy atom. The Morgan fingerprint density at radius 3 is 2.90 bits per heavy atom. The van der Waals surface area contributed by atoms with Gasteiger partial charge < -0.3 is 20.5 Å². The molecule has 0 bridgehead atoms. The molecule has 0 saturated heterocycles. The molecule has 6 heteroatoms. The Morgan fingerprint density at radius 2 is 2.10 bits per heavy atom. The number of benzene rings is 2. The predicted octanol–water partition coefficient (Wildman–Crippen LogP) is 3.11. The van der Waals surface area contributed by atoms with Crippen LogP contribution in [0, 0.1) is 0 Å². The lowest BCUT2D eigenvalue weighted by Crippen LogP contribution is -2.25. The summed E-state index contributed by atoms with van der Waals surface area (Å²) in [6.07, 6.45) is 1.98. The van der Waals surface area contributed by atoms with Crippen LogP contribution in [0.2, 0.25) is 0 Å². The van der Waals surface area contributed by atoms with Crippen molar-refractivity contribution in [1.29, 1.82) is 0 Å². The maximum Gasteiger partial charge on any atom is 0.262 e.